The molecule has 1 aliphatic heterocycles. The molecule has 0 unspecified atom stereocenters. The number of likely N-dealkylation sites (tertiary alicyclic amines) is 1. The summed E-state index contributed by atoms with van der Waals surface area (Å²) in [7, 11) is 0. The number of nitrogens with two attached hydrogens (primary N) is 1. The molecule has 1 aromatic heterocycles. The molecule has 0 radical (unpaired) electrons. The Kier molecular flexibility index (Phi) is 3.46. The van der Waals surface area contributed by atoms with Gasteiger partial charge >= 0.3 is 0 Å². The molecule has 0 spiro atoms. The summed E-state index contributed by atoms with van der Waals surface area (Å²) in [4.78, 5) is 17.9. The van der Waals surface area contributed by atoms with Crippen molar-refractivity contribution in [2.75, 3.05) is 25.4 Å². The largest absolute Gasteiger partial charge is 0.392 e. The Morgan fingerprint density at radius 2 is 2.06 bits per heavy atom. The molecule has 0 bridgehead atoms. The van der Waals surface area contributed by atoms with Gasteiger partial charge in [-0.1, -0.05) is 11.6 Å². The number of nitrogen functional groups attached to an aromatic ring is 1. The summed E-state index contributed by atoms with van der Waals surface area (Å²) in [5.41, 5.74) is 5.31. The lowest BCUT2D eigenvalue weighted by atomic mass is 10.4. The highest BCUT2D eigenvalue weighted by Crippen LogP contribution is 2.09. The minimum Gasteiger partial charge on any atom is -0.392 e. The monoisotopic (exact) mass is 242 g/mol. The van der Waals surface area contributed by atoms with E-state index in [1.54, 1.807) is 0 Å². The van der Waals surface area contributed by atoms with Gasteiger partial charge in [0.1, 0.15) is 5.69 Å². The molecule has 0 aliphatic carbocycles. The maximum atomic E-state index is 11.7. The Balaban J connectivity index is 2.04. The number of anilines is 1. The molecule has 1 fully saturated rings. The van der Waals surface area contributed by atoms with Crippen molar-refractivity contribution in [3.63, 3.8) is 0 Å². The highest BCUT2D eigenvalue weighted by atomic mass is 35.5. The third-order valence-electron chi connectivity index (χ3n) is 2.88. The minimum absolute atomic E-state index is 0.0330. The average molecular weight is 243 g/mol. The third-order valence-corrected chi connectivity index (χ3v) is 3.18. The predicted octanol–water partition coefficient (Wildman–Crippen LogP) is 0.575. The Bertz CT molecular complexity index is 425. The fourth-order valence-electron chi connectivity index (χ4n) is 1.90. The molecule has 6 heteroatoms. The van der Waals surface area contributed by atoms with Crippen molar-refractivity contribution in [2.24, 2.45) is 0 Å². The smallest absolute Gasteiger partial charge is 0.278 e. The molecule has 0 amide bonds. The van der Waals surface area contributed by atoms with Gasteiger partial charge in [0.2, 0.25) is 0 Å². The molecule has 1 aromatic rings. The summed E-state index contributed by atoms with van der Waals surface area (Å²) >= 11 is 5.65. The molecular formula is C10H15ClN4O. The van der Waals surface area contributed by atoms with E-state index in [0.717, 1.165) is 19.6 Å². The molecule has 16 heavy (non-hydrogen) atoms. The number of hydrogen-bond donors (Lipinski definition) is 1. The van der Waals surface area contributed by atoms with Crippen LogP contribution in [0.2, 0.25) is 5.15 Å². The first-order valence-electron chi connectivity index (χ1n) is 5.41. The van der Waals surface area contributed by atoms with Gasteiger partial charge in [0, 0.05) is 13.1 Å². The van der Waals surface area contributed by atoms with Crippen LogP contribution in [0.5, 0.6) is 0 Å². The van der Waals surface area contributed by atoms with Crippen LogP contribution < -0.4 is 11.3 Å². The van der Waals surface area contributed by atoms with Crippen LogP contribution in [0.3, 0.4) is 0 Å². The van der Waals surface area contributed by atoms with Gasteiger partial charge in [-0.25, -0.2) is 4.98 Å². The van der Waals surface area contributed by atoms with Crippen LogP contribution in [0.25, 0.3) is 0 Å². The van der Waals surface area contributed by atoms with E-state index >= 15 is 0 Å². The zero-order valence-corrected chi connectivity index (χ0v) is 9.78. The predicted molar refractivity (Wildman–Crippen MR) is 63.6 cm³/mol. The highest BCUT2D eigenvalue weighted by Gasteiger charge is 2.12. The Labute approximate surface area is 98.8 Å². The van der Waals surface area contributed by atoms with Crippen molar-refractivity contribution in [3.8, 4) is 0 Å². The van der Waals surface area contributed by atoms with Crippen molar-refractivity contribution in [1.29, 1.82) is 0 Å². The van der Waals surface area contributed by atoms with Gasteiger partial charge in [0.25, 0.3) is 5.56 Å². The van der Waals surface area contributed by atoms with E-state index in [2.05, 4.69) is 9.88 Å². The van der Waals surface area contributed by atoms with Crippen molar-refractivity contribution in [1.82, 2.24) is 14.5 Å². The Hall–Kier alpha value is -1.07. The van der Waals surface area contributed by atoms with E-state index < -0.39 is 0 Å². The minimum atomic E-state index is -0.251. The second kappa shape index (κ2) is 4.84. The molecule has 2 N–H and O–H groups in total. The number of rotatable bonds is 3. The first-order chi connectivity index (χ1) is 7.68. The van der Waals surface area contributed by atoms with E-state index in [4.69, 9.17) is 17.3 Å². The summed E-state index contributed by atoms with van der Waals surface area (Å²) in [5, 5.41) is 0.0856. The molecule has 0 atom stereocenters. The molecule has 5 nitrogen and oxygen atoms in total. The van der Waals surface area contributed by atoms with E-state index in [-0.39, 0.29) is 16.4 Å². The van der Waals surface area contributed by atoms with Crippen molar-refractivity contribution in [3.05, 3.63) is 21.8 Å². The normalized spacial score (nSPS) is 16.8. The van der Waals surface area contributed by atoms with Crippen LogP contribution in [0.4, 0.5) is 5.69 Å². The van der Waals surface area contributed by atoms with Crippen molar-refractivity contribution >= 4 is 17.3 Å². The second-order valence-electron chi connectivity index (χ2n) is 4.00. The molecule has 2 heterocycles. The quantitative estimate of drug-likeness (QED) is 0.788. The molecule has 0 aromatic carbocycles. The highest BCUT2D eigenvalue weighted by molar-refractivity contribution is 6.31. The van der Waals surface area contributed by atoms with Crippen LogP contribution in [0.1, 0.15) is 12.8 Å². The van der Waals surface area contributed by atoms with Gasteiger partial charge in [-0.05, 0) is 25.9 Å². The van der Waals surface area contributed by atoms with Gasteiger partial charge in [0.15, 0.2) is 5.15 Å². The van der Waals surface area contributed by atoms with Crippen molar-refractivity contribution in [2.45, 2.75) is 19.4 Å². The van der Waals surface area contributed by atoms with Crippen LogP contribution >= 0.6 is 11.6 Å². The molecule has 88 valence electrons. The summed E-state index contributed by atoms with van der Waals surface area (Å²) < 4.78 is 1.51. The summed E-state index contributed by atoms with van der Waals surface area (Å²) in [6.45, 7) is 3.71. The first kappa shape index (κ1) is 11.4. The van der Waals surface area contributed by atoms with E-state index in [9.17, 15) is 4.79 Å². The standard InChI is InChI=1S/C10H15ClN4O/c11-9-8(12)10(16)15(7-13-9)6-5-14-3-1-2-4-14/h7H,1-6,12H2. The fourth-order valence-corrected chi connectivity index (χ4v) is 2.02. The molecule has 1 saturated heterocycles. The summed E-state index contributed by atoms with van der Waals surface area (Å²) in [6.07, 6.45) is 3.95. The number of halogens is 1. The van der Waals surface area contributed by atoms with Gasteiger partial charge in [-0.3, -0.25) is 9.36 Å². The fraction of sp³-hybridized carbons (Fsp3) is 0.600. The number of aromatic nitrogens is 2. The van der Waals surface area contributed by atoms with Gasteiger partial charge in [-0.15, -0.1) is 0 Å². The molecule has 0 saturated carbocycles. The molecular weight excluding hydrogens is 228 g/mol. The zero-order chi connectivity index (χ0) is 11.5. The number of nitrogens with zero attached hydrogens (tertiary/aromatic N) is 3. The van der Waals surface area contributed by atoms with Crippen LogP contribution in [-0.4, -0.2) is 34.1 Å². The number of hydrogen-bond acceptors (Lipinski definition) is 4. The third kappa shape index (κ3) is 2.36. The lowest BCUT2D eigenvalue weighted by molar-refractivity contribution is 0.320. The lowest BCUT2D eigenvalue weighted by Crippen LogP contribution is -2.30. The lowest BCUT2D eigenvalue weighted by Gasteiger charge is -2.15. The molecule has 1 aliphatic rings. The zero-order valence-electron chi connectivity index (χ0n) is 9.03. The first-order valence-corrected chi connectivity index (χ1v) is 5.79. The average Bonchev–Trinajstić information content (AvgIpc) is 2.78. The maximum Gasteiger partial charge on any atom is 0.278 e. The summed E-state index contributed by atoms with van der Waals surface area (Å²) in [6, 6.07) is 0. The van der Waals surface area contributed by atoms with Gasteiger partial charge in [0.05, 0.1) is 6.33 Å². The van der Waals surface area contributed by atoms with E-state index in [0.29, 0.717) is 6.54 Å². The van der Waals surface area contributed by atoms with Crippen LogP contribution in [0.15, 0.2) is 11.1 Å². The Morgan fingerprint density at radius 3 is 2.75 bits per heavy atom. The van der Waals surface area contributed by atoms with Gasteiger partial charge < -0.3 is 10.6 Å². The van der Waals surface area contributed by atoms with Gasteiger partial charge in [-0.2, -0.15) is 0 Å². The molecule has 2 rings (SSSR count). The van der Waals surface area contributed by atoms with E-state index in [1.807, 2.05) is 0 Å². The van der Waals surface area contributed by atoms with E-state index in [1.165, 1.54) is 23.7 Å². The maximum absolute atomic E-state index is 11.7. The van der Waals surface area contributed by atoms with Crippen LogP contribution in [-0.2, 0) is 6.54 Å². The van der Waals surface area contributed by atoms with Crippen molar-refractivity contribution < 1.29 is 0 Å². The Morgan fingerprint density at radius 1 is 1.38 bits per heavy atom. The topological polar surface area (TPSA) is 64.2 Å². The van der Waals surface area contributed by atoms with Crippen LogP contribution in [0, 0.1) is 0 Å². The second-order valence-corrected chi connectivity index (χ2v) is 4.35. The SMILES string of the molecule is Nc1c(Cl)ncn(CCN2CCCC2)c1=O. The summed E-state index contributed by atoms with van der Waals surface area (Å²) in [5.74, 6) is 0.